The van der Waals surface area contributed by atoms with E-state index in [9.17, 15) is 18.4 Å². The van der Waals surface area contributed by atoms with Gasteiger partial charge in [0.05, 0.1) is 18.0 Å². The number of hydrogen-bond acceptors (Lipinski definition) is 4. The number of halogens is 2. The molecule has 18 heavy (non-hydrogen) atoms. The molecule has 0 aliphatic heterocycles. The van der Waals surface area contributed by atoms with E-state index in [2.05, 4.69) is 5.32 Å². The van der Waals surface area contributed by atoms with Gasteiger partial charge in [-0.1, -0.05) is 6.07 Å². The Kier molecular flexibility index (Phi) is 5.17. The van der Waals surface area contributed by atoms with Crippen molar-refractivity contribution < 1.29 is 23.5 Å². The Balaban J connectivity index is 2.28. The zero-order valence-corrected chi connectivity index (χ0v) is 10.1. The van der Waals surface area contributed by atoms with E-state index in [0.29, 0.717) is 4.88 Å². The lowest BCUT2D eigenvalue weighted by Crippen LogP contribution is -2.43. The Bertz CT molecular complexity index is 409. The van der Waals surface area contributed by atoms with Gasteiger partial charge in [-0.25, -0.2) is 8.78 Å². The maximum absolute atomic E-state index is 12.6. The van der Waals surface area contributed by atoms with Gasteiger partial charge in [-0.2, -0.15) is 0 Å². The molecule has 100 valence electrons. The molecule has 0 atom stereocenters. The normalized spacial score (nSPS) is 11.1. The lowest BCUT2D eigenvalue weighted by molar-refractivity contribution is -0.123. The van der Waals surface area contributed by atoms with Crippen LogP contribution in [0, 0.1) is 0 Å². The van der Waals surface area contributed by atoms with E-state index in [4.69, 9.17) is 5.11 Å². The maximum Gasteiger partial charge on any atom is 0.287 e. The van der Waals surface area contributed by atoms with Gasteiger partial charge in [-0.05, 0) is 11.4 Å². The van der Waals surface area contributed by atoms with Gasteiger partial charge >= 0.3 is 0 Å². The van der Waals surface area contributed by atoms with Crippen LogP contribution < -0.4 is 10.6 Å². The number of thiophene rings is 1. The molecule has 0 spiro atoms. The van der Waals surface area contributed by atoms with Gasteiger partial charge in [0, 0.05) is 0 Å². The molecule has 1 rings (SSSR count). The molecule has 0 bridgehead atoms. The van der Waals surface area contributed by atoms with Crippen molar-refractivity contribution in [2.75, 3.05) is 19.7 Å². The highest BCUT2D eigenvalue weighted by Crippen LogP contribution is 2.09. The quantitative estimate of drug-likeness (QED) is 0.696. The fourth-order valence-corrected chi connectivity index (χ4v) is 1.64. The fraction of sp³-hybridized carbons (Fsp3) is 0.400. The van der Waals surface area contributed by atoms with Crippen LogP contribution in [-0.2, 0) is 4.79 Å². The summed E-state index contributed by atoms with van der Waals surface area (Å²) in [6, 6.07) is 3.26. The molecule has 8 heteroatoms. The summed E-state index contributed by atoms with van der Waals surface area (Å²) in [5.74, 6) is -4.53. The van der Waals surface area contributed by atoms with Crippen LogP contribution in [0.3, 0.4) is 0 Å². The van der Waals surface area contributed by atoms with Crippen LogP contribution >= 0.6 is 11.3 Å². The highest BCUT2D eigenvalue weighted by molar-refractivity contribution is 7.12. The van der Waals surface area contributed by atoms with Gasteiger partial charge in [0.2, 0.25) is 5.91 Å². The number of rotatable bonds is 6. The van der Waals surface area contributed by atoms with Gasteiger partial charge in [0.1, 0.15) is 6.61 Å². The summed E-state index contributed by atoms with van der Waals surface area (Å²) >= 11 is 1.21. The largest absolute Gasteiger partial charge is 0.390 e. The highest BCUT2D eigenvalue weighted by atomic mass is 32.1. The Labute approximate surface area is 106 Å². The van der Waals surface area contributed by atoms with Crippen LogP contribution in [0.5, 0.6) is 0 Å². The molecule has 1 aromatic rings. The first kappa shape index (κ1) is 14.5. The molecule has 1 heterocycles. The minimum atomic E-state index is -3.35. The second-order valence-corrected chi connectivity index (χ2v) is 4.40. The number of carbonyl (C=O) groups excluding carboxylic acids is 2. The second-order valence-electron chi connectivity index (χ2n) is 3.45. The molecular weight excluding hydrogens is 266 g/mol. The van der Waals surface area contributed by atoms with Crippen molar-refractivity contribution in [2.45, 2.75) is 5.92 Å². The van der Waals surface area contributed by atoms with Gasteiger partial charge in [0.15, 0.2) is 0 Å². The molecule has 1 aromatic heterocycles. The second kappa shape index (κ2) is 6.41. The molecule has 2 amide bonds. The predicted molar refractivity (Wildman–Crippen MR) is 61.7 cm³/mol. The Morgan fingerprint density at radius 1 is 1.39 bits per heavy atom. The molecule has 0 radical (unpaired) electrons. The average Bonchev–Trinajstić information content (AvgIpc) is 2.87. The van der Waals surface area contributed by atoms with E-state index in [-0.39, 0.29) is 0 Å². The minimum absolute atomic E-state index is 0.391. The first-order chi connectivity index (χ1) is 8.44. The monoisotopic (exact) mass is 278 g/mol. The molecular formula is C10H12F2N2O3S. The van der Waals surface area contributed by atoms with Crippen molar-refractivity contribution in [1.29, 1.82) is 0 Å². The van der Waals surface area contributed by atoms with Crippen molar-refractivity contribution in [2.24, 2.45) is 0 Å². The van der Waals surface area contributed by atoms with Crippen LogP contribution in [-0.4, -0.2) is 42.5 Å². The maximum atomic E-state index is 12.6. The lowest BCUT2D eigenvalue weighted by Gasteiger charge is -2.13. The molecule has 5 nitrogen and oxygen atoms in total. The van der Waals surface area contributed by atoms with Gasteiger partial charge in [-0.3, -0.25) is 9.59 Å². The SMILES string of the molecule is O=C(CNC(=O)c1cccs1)NCC(F)(F)CO. The summed E-state index contributed by atoms with van der Waals surface area (Å²) in [5.41, 5.74) is 0. The Hall–Kier alpha value is -1.54. The van der Waals surface area contributed by atoms with E-state index in [1.54, 1.807) is 17.5 Å². The summed E-state index contributed by atoms with van der Waals surface area (Å²) in [4.78, 5) is 23.0. The molecule has 0 saturated heterocycles. The topological polar surface area (TPSA) is 78.4 Å². The fourth-order valence-electron chi connectivity index (χ4n) is 1.00. The lowest BCUT2D eigenvalue weighted by atomic mass is 10.3. The number of amides is 2. The molecule has 0 saturated carbocycles. The van der Waals surface area contributed by atoms with E-state index in [1.165, 1.54) is 11.3 Å². The van der Waals surface area contributed by atoms with Crippen molar-refractivity contribution in [3.8, 4) is 0 Å². The van der Waals surface area contributed by atoms with E-state index in [1.807, 2.05) is 5.32 Å². The zero-order valence-electron chi connectivity index (χ0n) is 9.28. The average molecular weight is 278 g/mol. The van der Waals surface area contributed by atoms with E-state index >= 15 is 0 Å². The van der Waals surface area contributed by atoms with Crippen LogP contribution in [0.25, 0.3) is 0 Å². The first-order valence-electron chi connectivity index (χ1n) is 5.02. The summed E-state index contributed by atoms with van der Waals surface area (Å²) < 4.78 is 25.2. The number of carbonyl (C=O) groups is 2. The third-order valence-electron chi connectivity index (χ3n) is 1.93. The number of hydrogen-bond donors (Lipinski definition) is 3. The minimum Gasteiger partial charge on any atom is -0.390 e. The van der Waals surface area contributed by atoms with Gasteiger partial charge < -0.3 is 15.7 Å². The molecule has 0 unspecified atom stereocenters. The number of alkyl halides is 2. The molecule has 0 fully saturated rings. The molecule has 0 aliphatic rings. The van der Waals surface area contributed by atoms with Crippen LogP contribution in [0.1, 0.15) is 9.67 Å². The van der Waals surface area contributed by atoms with Crippen molar-refractivity contribution in [3.05, 3.63) is 22.4 Å². The Morgan fingerprint density at radius 3 is 2.67 bits per heavy atom. The summed E-state index contributed by atoms with van der Waals surface area (Å²) in [6.07, 6.45) is 0. The predicted octanol–water partition coefficient (Wildman–Crippen LogP) is 0.222. The zero-order chi connectivity index (χ0) is 13.6. The summed E-state index contributed by atoms with van der Waals surface area (Å²) in [5, 5.41) is 14.2. The number of aliphatic hydroxyl groups is 1. The highest BCUT2D eigenvalue weighted by Gasteiger charge is 2.28. The van der Waals surface area contributed by atoms with Crippen LogP contribution in [0.15, 0.2) is 17.5 Å². The van der Waals surface area contributed by atoms with Crippen molar-refractivity contribution in [3.63, 3.8) is 0 Å². The van der Waals surface area contributed by atoms with Crippen molar-refractivity contribution >= 4 is 23.2 Å². The van der Waals surface area contributed by atoms with Gasteiger partial charge in [-0.15, -0.1) is 11.3 Å². The molecule has 0 aliphatic carbocycles. The number of nitrogens with one attached hydrogen (secondary N) is 2. The van der Waals surface area contributed by atoms with E-state index in [0.717, 1.165) is 0 Å². The third kappa shape index (κ3) is 4.76. The molecule has 0 aromatic carbocycles. The summed E-state index contributed by atoms with van der Waals surface area (Å²) in [6.45, 7) is -2.69. The smallest absolute Gasteiger partial charge is 0.287 e. The standard InChI is InChI=1S/C10H12F2N2O3S/c11-10(12,6-15)5-14-8(16)4-13-9(17)7-2-1-3-18-7/h1-3,15H,4-6H2,(H,13,17)(H,14,16). The van der Waals surface area contributed by atoms with Crippen molar-refractivity contribution in [1.82, 2.24) is 10.6 Å². The van der Waals surface area contributed by atoms with E-state index < -0.39 is 37.4 Å². The molecule has 3 N–H and O–H groups in total. The third-order valence-corrected chi connectivity index (χ3v) is 2.80. The van der Waals surface area contributed by atoms with Crippen LogP contribution in [0.2, 0.25) is 0 Å². The van der Waals surface area contributed by atoms with Crippen LogP contribution in [0.4, 0.5) is 8.78 Å². The first-order valence-corrected chi connectivity index (χ1v) is 5.90. The number of aliphatic hydroxyl groups excluding tert-OH is 1. The Morgan fingerprint density at radius 2 is 2.11 bits per heavy atom. The van der Waals surface area contributed by atoms with Gasteiger partial charge in [0.25, 0.3) is 11.8 Å². The summed E-state index contributed by atoms with van der Waals surface area (Å²) in [7, 11) is 0.